The second kappa shape index (κ2) is 12.3. The Morgan fingerprint density at radius 3 is 2.62 bits per heavy atom. The van der Waals surface area contributed by atoms with Crippen molar-refractivity contribution in [3.63, 3.8) is 0 Å². The van der Waals surface area contributed by atoms with E-state index in [-0.39, 0.29) is 22.7 Å². The van der Waals surface area contributed by atoms with Gasteiger partial charge in [0.2, 0.25) is 0 Å². The predicted molar refractivity (Wildman–Crippen MR) is 155 cm³/mol. The summed E-state index contributed by atoms with van der Waals surface area (Å²) >= 11 is 6.59. The van der Waals surface area contributed by atoms with Crippen LogP contribution in [-0.4, -0.2) is 75.2 Å². The van der Waals surface area contributed by atoms with Gasteiger partial charge in [-0.15, -0.1) is 0 Å². The molecule has 40 heavy (non-hydrogen) atoms. The van der Waals surface area contributed by atoms with Gasteiger partial charge < -0.3 is 29.2 Å². The highest BCUT2D eigenvalue weighted by Gasteiger charge is 2.53. The summed E-state index contributed by atoms with van der Waals surface area (Å²) in [5, 5.41) is 8.19. The summed E-state index contributed by atoms with van der Waals surface area (Å²) in [6.45, 7) is 7.34. The monoisotopic (exact) mass is 572 g/mol. The van der Waals surface area contributed by atoms with Gasteiger partial charge in [-0.05, 0) is 67.7 Å². The normalized spacial score (nSPS) is 31.7. The van der Waals surface area contributed by atoms with E-state index in [4.69, 9.17) is 30.5 Å². The number of nitrogens with one attached hydrogen (secondary N) is 1. The lowest BCUT2D eigenvalue weighted by molar-refractivity contribution is -0.0847. The molecule has 0 radical (unpaired) electrons. The van der Waals surface area contributed by atoms with Gasteiger partial charge in [0.15, 0.2) is 0 Å². The van der Waals surface area contributed by atoms with Crippen LogP contribution in [0.4, 0.5) is 11.4 Å². The highest BCUT2D eigenvalue weighted by Crippen LogP contribution is 2.53. The van der Waals surface area contributed by atoms with E-state index in [9.17, 15) is 4.79 Å². The molecule has 4 aliphatic rings. The van der Waals surface area contributed by atoms with Crippen LogP contribution in [0.2, 0.25) is 5.02 Å². The molecule has 2 aliphatic carbocycles. The largest absolute Gasteiger partial charge is 0.497 e. The highest BCUT2D eigenvalue weighted by molar-refractivity contribution is 6.32. The van der Waals surface area contributed by atoms with E-state index in [2.05, 4.69) is 34.4 Å². The number of rotatable bonds is 9. The number of hydrogen-bond acceptors (Lipinski definition) is 8. The number of anilines is 2. The number of ether oxygens (including phenoxy) is 4. The molecule has 5 atom stereocenters. The minimum atomic E-state index is -0.215. The molecule has 0 spiro atoms. The van der Waals surface area contributed by atoms with Crippen molar-refractivity contribution in [3.05, 3.63) is 45.8 Å². The van der Waals surface area contributed by atoms with Gasteiger partial charge in [-0.1, -0.05) is 18.5 Å². The second-order valence-corrected chi connectivity index (χ2v) is 12.2. The first-order valence-corrected chi connectivity index (χ1v) is 15.1. The predicted octanol–water partition coefficient (Wildman–Crippen LogP) is 4.25. The van der Waals surface area contributed by atoms with Crippen LogP contribution >= 0.6 is 11.6 Å². The van der Waals surface area contributed by atoms with E-state index in [1.807, 2.05) is 12.1 Å². The SMILES string of the molecule is COc1ccc(N(C[C@@H]2COCCO2)C2CCC(n3ncc(NC[C@@H]4COC[C@@H]5[C@H](C)[C@H]45)c(Cl)c3=O)CC2)cc1. The molecule has 0 unspecified atom stereocenters. The van der Waals surface area contributed by atoms with Gasteiger partial charge in [-0.25, -0.2) is 4.68 Å². The Bertz CT molecular complexity index is 1200. The number of aromatic nitrogens is 2. The average Bonchev–Trinajstić information content (AvgIpc) is 3.67. The average molecular weight is 573 g/mol. The van der Waals surface area contributed by atoms with Crippen LogP contribution in [0.25, 0.3) is 0 Å². The Morgan fingerprint density at radius 1 is 1.10 bits per heavy atom. The van der Waals surface area contributed by atoms with Crippen molar-refractivity contribution in [2.24, 2.45) is 23.7 Å². The highest BCUT2D eigenvalue weighted by atomic mass is 35.5. The van der Waals surface area contributed by atoms with Gasteiger partial charge in [0.25, 0.3) is 5.56 Å². The second-order valence-electron chi connectivity index (χ2n) is 11.8. The minimum Gasteiger partial charge on any atom is -0.497 e. The van der Waals surface area contributed by atoms with Crippen LogP contribution in [0.3, 0.4) is 0 Å². The summed E-state index contributed by atoms with van der Waals surface area (Å²) in [5.41, 5.74) is 1.54. The third kappa shape index (κ3) is 5.84. The first-order chi connectivity index (χ1) is 19.5. The summed E-state index contributed by atoms with van der Waals surface area (Å²) in [4.78, 5) is 15.7. The van der Waals surface area contributed by atoms with Crippen molar-refractivity contribution in [1.29, 1.82) is 0 Å². The zero-order valence-electron chi connectivity index (χ0n) is 23.5. The number of hydrogen-bond donors (Lipinski definition) is 1. The lowest BCUT2D eigenvalue weighted by Crippen LogP contribution is -2.46. The van der Waals surface area contributed by atoms with E-state index in [1.54, 1.807) is 18.0 Å². The molecular formula is C30H41ClN4O5. The van der Waals surface area contributed by atoms with Crippen LogP contribution < -0.4 is 20.5 Å². The van der Waals surface area contributed by atoms with Gasteiger partial charge in [0.05, 0.1) is 57.6 Å². The number of nitrogens with zero attached hydrogens (tertiary/aromatic N) is 3. The molecular weight excluding hydrogens is 532 g/mol. The molecule has 10 heteroatoms. The van der Waals surface area contributed by atoms with Gasteiger partial charge in [-0.3, -0.25) is 4.79 Å². The number of benzene rings is 1. The Balaban J connectivity index is 1.10. The fraction of sp³-hybridized carbons (Fsp3) is 0.667. The van der Waals surface area contributed by atoms with Crippen LogP contribution in [0.5, 0.6) is 5.75 Å². The fourth-order valence-corrected chi connectivity index (χ4v) is 7.27. The van der Waals surface area contributed by atoms with Gasteiger partial charge in [-0.2, -0.15) is 5.10 Å². The molecule has 9 nitrogen and oxygen atoms in total. The molecule has 0 bridgehead atoms. The van der Waals surface area contributed by atoms with Crippen LogP contribution in [-0.2, 0) is 14.2 Å². The Morgan fingerprint density at radius 2 is 1.90 bits per heavy atom. The van der Waals surface area contributed by atoms with Crippen LogP contribution in [0, 0.1) is 23.7 Å². The quantitative estimate of drug-likeness (QED) is 0.477. The van der Waals surface area contributed by atoms with Crippen LogP contribution in [0.1, 0.15) is 38.6 Å². The van der Waals surface area contributed by atoms with E-state index in [1.165, 1.54) is 0 Å². The third-order valence-corrected chi connectivity index (χ3v) is 9.83. The molecule has 2 aromatic rings. The van der Waals surface area contributed by atoms with Crippen molar-refractivity contribution in [1.82, 2.24) is 9.78 Å². The standard InChI is InChI=1S/C30H41ClN4O5/c1-19-26-18-39-16-20(28(19)26)13-32-27-14-33-35(30(36)29(27)31)23-5-3-21(4-6-23)34(15-25-17-38-11-12-40-25)22-7-9-24(37-2)10-8-22/h7-10,14,19-21,23,25-26,28,32H,3-6,11-13,15-18H2,1-2H3/t19-,20+,21?,23?,25+,26+,28+/m0/s1. The molecule has 1 aromatic carbocycles. The van der Waals surface area contributed by atoms with Gasteiger partial charge in [0.1, 0.15) is 10.8 Å². The van der Waals surface area contributed by atoms with Crippen molar-refractivity contribution < 1.29 is 18.9 Å². The summed E-state index contributed by atoms with van der Waals surface area (Å²) in [7, 11) is 1.68. The molecule has 0 amide bonds. The van der Waals surface area contributed by atoms with E-state index >= 15 is 0 Å². The molecule has 4 fully saturated rings. The number of halogens is 1. The lowest BCUT2D eigenvalue weighted by Gasteiger charge is -2.40. The summed E-state index contributed by atoms with van der Waals surface area (Å²) in [6.07, 6.45) is 5.35. The van der Waals surface area contributed by atoms with Crippen molar-refractivity contribution in [2.75, 3.05) is 63.5 Å². The molecule has 218 valence electrons. The van der Waals surface area contributed by atoms with Crippen molar-refractivity contribution >= 4 is 23.0 Å². The van der Waals surface area contributed by atoms with Crippen LogP contribution in [0.15, 0.2) is 35.3 Å². The Kier molecular flexibility index (Phi) is 8.53. The minimum absolute atomic E-state index is 0.0297. The summed E-state index contributed by atoms with van der Waals surface area (Å²) in [6, 6.07) is 8.57. The zero-order chi connectivity index (χ0) is 27.6. The molecule has 2 saturated carbocycles. The first-order valence-electron chi connectivity index (χ1n) is 14.7. The lowest BCUT2D eigenvalue weighted by atomic mass is 9.89. The Hall–Kier alpha value is -2.33. The maximum absolute atomic E-state index is 13.3. The topological polar surface area (TPSA) is 87.1 Å². The number of fused-ring (bicyclic) bond motifs is 1. The van der Waals surface area contributed by atoms with E-state index < -0.39 is 0 Å². The van der Waals surface area contributed by atoms with E-state index in [0.29, 0.717) is 49.3 Å². The molecule has 2 aliphatic heterocycles. The fourth-order valence-electron chi connectivity index (χ4n) is 7.07. The smallest absolute Gasteiger partial charge is 0.287 e. The number of methoxy groups -OCH3 is 1. The zero-order valence-corrected chi connectivity index (χ0v) is 24.2. The molecule has 1 N–H and O–H groups in total. The first kappa shape index (κ1) is 27.8. The van der Waals surface area contributed by atoms with Crippen molar-refractivity contribution in [3.8, 4) is 5.75 Å². The van der Waals surface area contributed by atoms with Crippen molar-refractivity contribution in [2.45, 2.75) is 50.8 Å². The molecule has 6 rings (SSSR count). The maximum Gasteiger partial charge on any atom is 0.287 e. The molecule has 2 saturated heterocycles. The summed E-state index contributed by atoms with van der Waals surface area (Å²) in [5.74, 6) is 3.39. The van der Waals surface area contributed by atoms with Gasteiger partial charge in [0, 0.05) is 37.3 Å². The third-order valence-electron chi connectivity index (χ3n) is 9.46. The maximum atomic E-state index is 13.3. The Labute approximate surface area is 241 Å². The summed E-state index contributed by atoms with van der Waals surface area (Å²) < 4.78 is 24.4. The van der Waals surface area contributed by atoms with Gasteiger partial charge >= 0.3 is 0 Å². The molecule has 1 aromatic heterocycles. The van der Waals surface area contributed by atoms with E-state index in [0.717, 1.165) is 69.3 Å². The molecule has 3 heterocycles.